The van der Waals surface area contributed by atoms with E-state index in [0.717, 1.165) is 29.2 Å². The molecule has 0 aliphatic heterocycles. The van der Waals surface area contributed by atoms with Crippen LogP contribution in [0.3, 0.4) is 0 Å². The number of aryl methyl sites for hydroxylation is 1. The number of benzene rings is 1. The lowest BCUT2D eigenvalue weighted by molar-refractivity contribution is 0.715. The molecule has 0 bridgehead atoms. The lowest BCUT2D eigenvalue weighted by Gasteiger charge is -2.09. The molecule has 1 unspecified atom stereocenters. The molecule has 2 rings (SSSR count). The van der Waals surface area contributed by atoms with Crippen molar-refractivity contribution in [2.75, 3.05) is 0 Å². The Bertz CT molecular complexity index is 439. The van der Waals surface area contributed by atoms with E-state index in [2.05, 4.69) is 16.3 Å². The van der Waals surface area contributed by atoms with E-state index < -0.39 is 0 Å². The molecular weight excluding hydrogens is 218 g/mol. The van der Waals surface area contributed by atoms with E-state index in [0.29, 0.717) is 0 Å². The molecule has 0 spiro atoms. The van der Waals surface area contributed by atoms with Gasteiger partial charge in [0.15, 0.2) is 0 Å². The molecule has 3 nitrogen and oxygen atoms in total. The summed E-state index contributed by atoms with van der Waals surface area (Å²) in [6.45, 7) is 2.06. The molecule has 0 radical (unpaired) electrons. The highest BCUT2D eigenvalue weighted by Gasteiger charge is 2.10. The maximum atomic E-state index is 6.12. The second-order valence-electron chi connectivity index (χ2n) is 3.68. The SMILES string of the molecule is CCc1nsc(CC(N)c2ccccc2)n1. The largest absolute Gasteiger partial charge is 0.324 e. The van der Waals surface area contributed by atoms with Gasteiger partial charge in [-0.05, 0) is 17.1 Å². The van der Waals surface area contributed by atoms with Crippen LogP contribution >= 0.6 is 11.5 Å². The first kappa shape index (κ1) is 11.2. The Morgan fingerprint density at radius 3 is 2.69 bits per heavy atom. The van der Waals surface area contributed by atoms with Crippen molar-refractivity contribution >= 4 is 11.5 Å². The summed E-state index contributed by atoms with van der Waals surface area (Å²) in [5.74, 6) is 0.917. The number of hydrogen-bond acceptors (Lipinski definition) is 4. The summed E-state index contributed by atoms with van der Waals surface area (Å²) in [6, 6.07) is 10.1. The summed E-state index contributed by atoms with van der Waals surface area (Å²) in [5.41, 5.74) is 7.27. The summed E-state index contributed by atoms with van der Waals surface area (Å²) >= 11 is 1.46. The van der Waals surface area contributed by atoms with Gasteiger partial charge in [0.05, 0.1) is 0 Å². The minimum absolute atomic E-state index is 0.0128. The molecule has 0 saturated heterocycles. The molecule has 1 aromatic heterocycles. The second-order valence-corrected chi connectivity index (χ2v) is 4.52. The Hall–Kier alpha value is -1.26. The van der Waals surface area contributed by atoms with Gasteiger partial charge in [0, 0.05) is 18.9 Å². The Kier molecular flexibility index (Phi) is 3.64. The topological polar surface area (TPSA) is 51.8 Å². The molecule has 0 aliphatic rings. The Morgan fingerprint density at radius 1 is 1.31 bits per heavy atom. The molecule has 2 N–H and O–H groups in total. The van der Waals surface area contributed by atoms with Crippen LogP contribution in [-0.2, 0) is 12.8 Å². The monoisotopic (exact) mass is 233 g/mol. The van der Waals surface area contributed by atoms with Gasteiger partial charge in [-0.1, -0.05) is 37.3 Å². The van der Waals surface area contributed by atoms with Gasteiger partial charge in [0.2, 0.25) is 0 Å². The quantitative estimate of drug-likeness (QED) is 0.882. The van der Waals surface area contributed by atoms with Crippen LogP contribution < -0.4 is 5.73 Å². The van der Waals surface area contributed by atoms with E-state index in [1.165, 1.54) is 11.5 Å². The predicted octanol–water partition coefficient (Wildman–Crippen LogP) is 2.34. The fourth-order valence-corrected chi connectivity index (χ4v) is 2.30. The minimum atomic E-state index is 0.0128. The lowest BCUT2D eigenvalue weighted by Crippen LogP contribution is -2.13. The smallest absolute Gasteiger partial charge is 0.142 e. The molecule has 4 heteroatoms. The highest BCUT2D eigenvalue weighted by molar-refractivity contribution is 7.05. The van der Waals surface area contributed by atoms with Gasteiger partial charge < -0.3 is 5.73 Å². The zero-order valence-corrected chi connectivity index (χ0v) is 10.1. The molecule has 1 atom stereocenters. The molecule has 0 fully saturated rings. The minimum Gasteiger partial charge on any atom is -0.324 e. The number of aromatic nitrogens is 2. The van der Waals surface area contributed by atoms with Crippen molar-refractivity contribution in [2.45, 2.75) is 25.8 Å². The van der Waals surface area contributed by atoms with Crippen LogP contribution in [0.2, 0.25) is 0 Å². The predicted molar refractivity (Wildman–Crippen MR) is 66.4 cm³/mol. The first-order valence-electron chi connectivity index (χ1n) is 5.41. The zero-order chi connectivity index (χ0) is 11.4. The van der Waals surface area contributed by atoms with Crippen LogP contribution in [0, 0.1) is 0 Å². The molecule has 2 aromatic rings. The van der Waals surface area contributed by atoms with E-state index in [1.807, 2.05) is 30.3 Å². The molecule has 0 saturated carbocycles. The van der Waals surface area contributed by atoms with Crippen molar-refractivity contribution in [1.82, 2.24) is 9.36 Å². The zero-order valence-electron chi connectivity index (χ0n) is 9.26. The number of hydrogen-bond donors (Lipinski definition) is 1. The van der Waals surface area contributed by atoms with Crippen LogP contribution in [0.25, 0.3) is 0 Å². The molecule has 16 heavy (non-hydrogen) atoms. The molecule has 0 amide bonds. The van der Waals surface area contributed by atoms with E-state index >= 15 is 0 Å². The van der Waals surface area contributed by atoms with Crippen molar-refractivity contribution in [3.8, 4) is 0 Å². The molecule has 1 heterocycles. The van der Waals surface area contributed by atoms with Crippen molar-refractivity contribution in [3.63, 3.8) is 0 Å². The summed E-state index contributed by atoms with van der Waals surface area (Å²) in [5, 5.41) is 1.02. The maximum Gasteiger partial charge on any atom is 0.142 e. The van der Waals surface area contributed by atoms with Crippen LogP contribution in [-0.4, -0.2) is 9.36 Å². The van der Waals surface area contributed by atoms with Crippen LogP contribution in [0.1, 0.15) is 29.4 Å². The Labute approximate surface area is 99.5 Å². The van der Waals surface area contributed by atoms with Gasteiger partial charge in [0.1, 0.15) is 10.8 Å². The Morgan fingerprint density at radius 2 is 2.06 bits per heavy atom. The fraction of sp³-hybridized carbons (Fsp3) is 0.333. The first-order chi connectivity index (χ1) is 7.79. The van der Waals surface area contributed by atoms with Gasteiger partial charge in [-0.25, -0.2) is 4.98 Å². The average Bonchev–Trinajstić information content (AvgIpc) is 2.78. The van der Waals surface area contributed by atoms with E-state index in [9.17, 15) is 0 Å². The summed E-state index contributed by atoms with van der Waals surface area (Å²) in [7, 11) is 0. The third-order valence-electron chi connectivity index (χ3n) is 2.45. The van der Waals surface area contributed by atoms with Crippen LogP contribution in [0.5, 0.6) is 0 Å². The highest BCUT2D eigenvalue weighted by Crippen LogP contribution is 2.17. The average molecular weight is 233 g/mol. The fourth-order valence-electron chi connectivity index (χ4n) is 1.52. The summed E-state index contributed by atoms with van der Waals surface area (Å²) < 4.78 is 4.26. The Balaban J connectivity index is 2.05. The normalized spacial score (nSPS) is 12.6. The number of nitrogens with zero attached hydrogens (tertiary/aromatic N) is 2. The lowest BCUT2D eigenvalue weighted by atomic mass is 10.1. The third-order valence-corrected chi connectivity index (χ3v) is 3.22. The number of nitrogens with two attached hydrogens (primary N) is 1. The van der Waals surface area contributed by atoms with Crippen molar-refractivity contribution in [1.29, 1.82) is 0 Å². The van der Waals surface area contributed by atoms with Crippen molar-refractivity contribution < 1.29 is 0 Å². The molecular formula is C12H15N3S. The van der Waals surface area contributed by atoms with Gasteiger partial charge in [0.25, 0.3) is 0 Å². The van der Waals surface area contributed by atoms with Crippen molar-refractivity contribution in [3.05, 3.63) is 46.7 Å². The number of rotatable bonds is 4. The van der Waals surface area contributed by atoms with Gasteiger partial charge in [-0.15, -0.1) is 0 Å². The van der Waals surface area contributed by atoms with Crippen molar-refractivity contribution in [2.24, 2.45) is 5.73 Å². The molecule has 84 valence electrons. The van der Waals surface area contributed by atoms with E-state index in [-0.39, 0.29) is 6.04 Å². The summed E-state index contributed by atoms with van der Waals surface area (Å²) in [6.07, 6.45) is 1.65. The standard InChI is InChI=1S/C12H15N3S/c1-2-11-14-12(16-15-11)8-10(13)9-6-4-3-5-7-9/h3-7,10H,2,8,13H2,1H3. The van der Waals surface area contributed by atoms with Gasteiger partial charge >= 0.3 is 0 Å². The molecule has 1 aromatic carbocycles. The van der Waals surface area contributed by atoms with Crippen LogP contribution in [0.4, 0.5) is 0 Å². The second kappa shape index (κ2) is 5.18. The molecule has 0 aliphatic carbocycles. The maximum absolute atomic E-state index is 6.12. The van der Waals surface area contributed by atoms with E-state index in [1.54, 1.807) is 0 Å². The van der Waals surface area contributed by atoms with Gasteiger partial charge in [-0.2, -0.15) is 4.37 Å². The van der Waals surface area contributed by atoms with E-state index in [4.69, 9.17) is 5.73 Å². The third kappa shape index (κ3) is 2.65. The first-order valence-corrected chi connectivity index (χ1v) is 6.19. The summed E-state index contributed by atoms with van der Waals surface area (Å²) in [4.78, 5) is 4.42. The van der Waals surface area contributed by atoms with Crippen LogP contribution in [0.15, 0.2) is 30.3 Å². The highest BCUT2D eigenvalue weighted by atomic mass is 32.1. The van der Waals surface area contributed by atoms with Gasteiger partial charge in [-0.3, -0.25) is 0 Å².